The number of nitrogens with zero attached hydrogens (tertiary/aromatic N) is 4. The van der Waals surface area contributed by atoms with Crippen LogP contribution in [0.2, 0.25) is 0 Å². The zero-order valence-electron chi connectivity index (χ0n) is 15.4. The summed E-state index contributed by atoms with van der Waals surface area (Å²) in [7, 11) is 0. The number of aryl methyl sites for hydroxylation is 1. The maximum absolute atomic E-state index is 12.7. The second-order valence-electron chi connectivity index (χ2n) is 6.31. The van der Waals surface area contributed by atoms with Crippen LogP contribution in [0.1, 0.15) is 29.3 Å². The maximum Gasteiger partial charge on any atom is 0.257 e. The number of imidazole rings is 1. The van der Waals surface area contributed by atoms with E-state index in [1.54, 1.807) is 11.8 Å². The lowest BCUT2D eigenvalue weighted by molar-refractivity contribution is 0.102. The van der Waals surface area contributed by atoms with E-state index in [0.29, 0.717) is 11.5 Å². The van der Waals surface area contributed by atoms with Crippen LogP contribution < -0.4 is 5.32 Å². The summed E-state index contributed by atoms with van der Waals surface area (Å²) in [5.74, 6) is 1.17. The number of hydrogen-bond donors (Lipinski definition) is 2. The van der Waals surface area contributed by atoms with Crippen molar-refractivity contribution in [2.24, 2.45) is 0 Å². The topological polar surface area (TPSA) is 88.5 Å². The van der Waals surface area contributed by atoms with E-state index in [4.69, 9.17) is 0 Å². The average Bonchev–Trinajstić information content (AvgIpc) is 3.36. The molecule has 2 aromatic carbocycles. The Morgan fingerprint density at radius 2 is 2.00 bits per heavy atom. The lowest BCUT2D eigenvalue weighted by atomic mass is 10.1. The number of carbonyl (C=O) groups is 1. The number of fused-ring (bicyclic) bond motifs is 1. The van der Waals surface area contributed by atoms with Gasteiger partial charge in [0.2, 0.25) is 5.95 Å². The maximum atomic E-state index is 12.7. The molecule has 0 atom stereocenters. The second-order valence-corrected chi connectivity index (χ2v) is 7.27. The number of aromatic amines is 1. The molecule has 0 fully saturated rings. The smallest absolute Gasteiger partial charge is 0.257 e. The first-order valence-corrected chi connectivity index (χ1v) is 10.1. The average molecular weight is 392 g/mol. The molecule has 7 nitrogen and oxygen atoms in total. The Morgan fingerprint density at radius 3 is 2.75 bits per heavy atom. The number of H-pyrrole nitrogens is 1. The first-order chi connectivity index (χ1) is 13.7. The van der Waals surface area contributed by atoms with Gasteiger partial charge in [0, 0.05) is 17.9 Å². The fourth-order valence-corrected chi connectivity index (χ4v) is 3.70. The van der Waals surface area contributed by atoms with E-state index in [-0.39, 0.29) is 5.91 Å². The summed E-state index contributed by atoms with van der Waals surface area (Å²) in [4.78, 5) is 21.4. The van der Waals surface area contributed by atoms with Gasteiger partial charge in [0.05, 0.1) is 11.0 Å². The number of nitrogens with one attached hydrogen (secondary N) is 2. The molecule has 1 amide bonds. The fourth-order valence-electron chi connectivity index (χ4n) is 2.96. The Kier molecular flexibility index (Phi) is 5.38. The number of thioether (sulfide) groups is 1. The number of anilines is 1. The van der Waals surface area contributed by atoms with Crippen LogP contribution in [0.5, 0.6) is 0 Å². The summed E-state index contributed by atoms with van der Waals surface area (Å²) in [6.07, 6.45) is 2.45. The molecule has 142 valence electrons. The van der Waals surface area contributed by atoms with E-state index in [2.05, 4.69) is 37.0 Å². The Labute approximate surface area is 166 Å². The molecule has 0 aliphatic carbocycles. The zero-order chi connectivity index (χ0) is 19.3. The molecule has 0 saturated heterocycles. The number of benzene rings is 2. The van der Waals surface area contributed by atoms with Gasteiger partial charge < -0.3 is 4.57 Å². The number of hydrogen-bond acceptors (Lipinski definition) is 5. The van der Waals surface area contributed by atoms with Crippen LogP contribution in [-0.2, 0) is 12.3 Å². The number of carbonyl (C=O) groups excluding carboxylic acids is 1. The van der Waals surface area contributed by atoms with Gasteiger partial charge in [-0.15, -0.1) is 0 Å². The van der Waals surface area contributed by atoms with Gasteiger partial charge in [0.15, 0.2) is 5.16 Å². The van der Waals surface area contributed by atoms with Crippen LogP contribution >= 0.6 is 11.8 Å². The van der Waals surface area contributed by atoms with Crippen molar-refractivity contribution < 1.29 is 4.79 Å². The number of rotatable bonds is 7. The first-order valence-electron chi connectivity index (χ1n) is 9.08. The van der Waals surface area contributed by atoms with Crippen molar-refractivity contribution in [3.8, 4) is 0 Å². The summed E-state index contributed by atoms with van der Waals surface area (Å²) in [6, 6.07) is 15.5. The zero-order valence-corrected chi connectivity index (χ0v) is 16.2. The predicted octanol–water partition coefficient (Wildman–Crippen LogP) is 4.11. The van der Waals surface area contributed by atoms with Crippen LogP contribution in [-0.4, -0.2) is 30.6 Å². The van der Waals surface area contributed by atoms with Gasteiger partial charge in [-0.1, -0.05) is 43.0 Å². The van der Waals surface area contributed by atoms with E-state index in [1.807, 2.05) is 48.5 Å². The third kappa shape index (κ3) is 3.91. The van der Waals surface area contributed by atoms with E-state index >= 15 is 0 Å². The molecule has 4 rings (SSSR count). The van der Waals surface area contributed by atoms with Crippen molar-refractivity contribution >= 4 is 34.7 Å². The summed E-state index contributed by atoms with van der Waals surface area (Å²) in [5, 5.41) is 10.4. The molecule has 0 radical (unpaired) electrons. The van der Waals surface area contributed by atoms with Gasteiger partial charge in [0.1, 0.15) is 6.33 Å². The molecule has 0 saturated carbocycles. The third-order valence-electron chi connectivity index (χ3n) is 4.31. The largest absolute Gasteiger partial charge is 0.310 e. The minimum absolute atomic E-state index is 0.165. The predicted molar refractivity (Wildman–Crippen MR) is 110 cm³/mol. The van der Waals surface area contributed by atoms with Crippen LogP contribution in [0.15, 0.2) is 60.0 Å². The molecule has 2 N–H and O–H groups in total. The Hall–Kier alpha value is -3.13. The lowest BCUT2D eigenvalue weighted by Crippen LogP contribution is -2.16. The summed E-state index contributed by atoms with van der Waals surface area (Å²) in [6.45, 7) is 2.91. The van der Waals surface area contributed by atoms with Crippen molar-refractivity contribution in [3.05, 3.63) is 66.0 Å². The van der Waals surface area contributed by atoms with Crippen LogP contribution in [0.25, 0.3) is 11.0 Å². The Morgan fingerprint density at radius 1 is 1.18 bits per heavy atom. The monoisotopic (exact) mass is 392 g/mol. The van der Waals surface area contributed by atoms with Gasteiger partial charge in [-0.05, 0) is 36.2 Å². The minimum Gasteiger partial charge on any atom is -0.310 e. The SMILES string of the molecule is CCCn1c(NC(=O)c2ccc(CSc3ncn[nH]3)cc2)nc2ccccc21. The van der Waals surface area contributed by atoms with Crippen LogP contribution in [0, 0.1) is 0 Å². The molecular formula is C20H20N6OS. The molecule has 2 aromatic heterocycles. The molecule has 0 unspecified atom stereocenters. The first kappa shape index (κ1) is 18.2. The highest BCUT2D eigenvalue weighted by atomic mass is 32.2. The highest BCUT2D eigenvalue weighted by Crippen LogP contribution is 2.21. The summed E-state index contributed by atoms with van der Waals surface area (Å²) < 4.78 is 2.05. The molecule has 0 spiro atoms. The Balaban J connectivity index is 1.47. The molecule has 4 aromatic rings. The van der Waals surface area contributed by atoms with Crippen molar-refractivity contribution in [3.63, 3.8) is 0 Å². The number of para-hydroxylation sites is 2. The second kappa shape index (κ2) is 8.26. The molecular weight excluding hydrogens is 372 g/mol. The van der Waals surface area contributed by atoms with Gasteiger partial charge in [0.25, 0.3) is 5.91 Å². The van der Waals surface area contributed by atoms with Gasteiger partial charge >= 0.3 is 0 Å². The van der Waals surface area contributed by atoms with Gasteiger partial charge in [-0.3, -0.25) is 15.2 Å². The lowest BCUT2D eigenvalue weighted by Gasteiger charge is -2.09. The van der Waals surface area contributed by atoms with Crippen LogP contribution in [0.4, 0.5) is 5.95 Å². The molecule has 8 heteroatoms. The molecule has 0 aliphatic heterocycles. The normalized spacial score (nSPS) is 11.0. The quantitative estimate of drug-likeness (QED) is 0.462. The van der Waals surface area contributed by atoms with E-state index in [9.17, 15) is 4.79 Å². The molecule has 0 aliphatic rings. The standard InChI is InChI=1S/C20H20N6OS/c1-2-11-26-17-6-4-3-5-16(17)23-19(26)24-18(27)15-9-7-14(8-10-15)12-28-20-21-13-22-25-20/h3-10,13H,2,11-12H2,1H3,(H,21,22,25)(H,23,24,27). The van der Waals surface area contributed by atoms with Crippen LogP contribution in [0.3, 0.4) is 0 Å². The summed E-state index contributed by atoms with van der Waals surface area (Å²) >= 11 is 1.56. The van der Waals surface area contributed by atoms with E-state index in [0.717, 1.165) is 40.5 Å². The number of amides is 1. The Bertz CT molecular complexity index is 1070. The van der Waals surface area contributed by atoms with E-state index in [1.165, 1.54) is 6.33 Å². The molecule has 2 heterocycles. The van der Waals surface area contributed by atoms with E-state index < -0.39 is 0 Å². The van der Waals surface area contributed by atoms with Gasteiger partial charge in [-0.25, -0.2) is 9.97 Å². The highest BCUT2D eigenvalue weighted by Gasteiger charge is 2.14. The highest BCUT2D eigenvalue weighted by molar-refractivity contribution is 7.98. The van der Waals surface area contributed by atoms with Gasteiger partial charge in [-0.2, -0.15) is 5.10 Å². The molecule has 28 heavy (non-hydrogen) atoms. The third-order valence-corrected chi connectivity index (χ3v) is 5.26. The van der Waals surface area contributed by atoms with Crippen molar-refractivity contribution in [1.82, 2.24) is 24.7 Å². The van der Waals surface area contributed by atoms with Crippen molar-refractivity contribution in [1.29, 1.82) is 0 Å². The van der Waals surface area contributed by atoms with Crippen molar-refractivity contribution in [2.45, 2.75) is 30.8 Å². The number of aromatic nitrogens is 5. The fraction of sp³-hybridized carbons (Fsp3) is 0.200. The molecule has 0 bridgehead atoms. The minimum atomic E-state index is -0.165. The van der Waals surface area contributed by atoms with Crippen molar-refractivity contribution in [2.75, 3.05) is 5.32 Å². The summed E-state index contributed by atoms with van der Waals surface area (Å²) in [5.41, 5.74) is 3.62.